The third kappa shape index (κ3) is 4.26. The van der Waals surface area contributed by atoms with Crippen molar-refractivity contribution in [3.63, 3.8) is 0 Å². The molecule has 0 spiro atoms. The van der Waals surface area contributed by atoms with E-state index in [-0.39, 0.29) is 25.1 Å². The van der Waals surface area contributed by atoms with Crippen molar-refractivity contribution < 1.29 is 23.9 Å². The molecular formula is C19H25NO5S. The summed E-state index contributed by atoms with van der Waals surface area (Å²) in [6, 6.07) is 0. The zero-order valence-corrected chi connectivity index (χ0v) is 15.9. The van der Waals surface area contributed by atoms with Gasteiger partial charge in [0.05, 0.1) is 18.1 Å². The van der Waals surface area contributed by atoms with Gasteiger partial charge in [0.15, 0.2) is 6.61 Å². The van der Waals surface area contributed by atoms with Crippen molar-refractivity contribution in [3.05, 3.63) is 16.0 Å². The molecule has 1 N–H and O–H groups in total. The highest BCUT2D eigenvalue weighted by Gasteiger charge is 2.29. The lowest BCUT2D eigenvalue weighted by Gasteiger charge is -2.19. The van der Waals surface area contributed by atoms with Crippen molar-refractivity contribution in [2.45, 2.75) is 58.3 Å². The number of carbonyl (C=O) groups excluding carboxylic acids is 3. The number of esters is 2. The fraction of sp³-hybridized carbons (Fsp3) is 0.632. The van der Waals surface area contributed by atoms with Crippen molar-refractivity contribution in [2.24, 2.45) is 5.92 Å². The highest BCUT2D eigenvalue weighted by atomic mass is 32.1. The fourth-order valence-corrected chi connectivity index (χ4v) is 4.96. The van der Waals surface area contributed by atoms with Crippen LogP contribution in [0.2, 0.25) is 0 Å². The molecule has 6 nitrogen and oxygen atoms in total. The Morgan fingerprint density at radius 1 is 1.08 bits per heavy atom. The Hall–Kier alpha value is -1.89. The molecule has 7 heteroatoms. The number of ether oxygens (including phenoxy) is 2. The van der Waals surface area contributed by atoms with Gasteiger partial charge in [-0.05, 0) is 44.6 Å². The average molecular weight is 379 g/mol. The third-order valence-corrected chi connectivity index (χ3v) is 6.15. The largest absolute Gasteiger partial charge is 0.462 e. The number of amides is 1. The summed E-state index contributed by atoms with van der Waals surface area (Å²) in [5.41, 5.74) is 1.46. The van der Waals surface area contributed by atoms with Crippen molar-refractivity contribution in [1.82, 2.24) is 0 Å². The molecule has 1 aromatic heterocycles. The van der Waals surface area contributed by atoms with E-state index in [1.807, 2.05) is 0 Å². The number of thiophene rings is 1. The minimum atomic E-state index is -0.417. The van der Waals surface area contributed by atoms with Crippen LogP contribution in [0, 0.1) is 5.92 Å². The molecule has 1 heterocycles. The number of carbonyl (C=O) groups is 3. The molecule has 0 radical (unpaired) electrons. The Morgan fingerprint density at radius 2 is 1.85 bits per heavy atom. The number of hydrogen-bond donors (Lipinski definition) is 1. The Balaban J connectivity index is 1.60. The summed E-state index contributed by atoms with van der Waals surface area (Å²) in [5, 5.41) is 3.25. The van der Waals surface area contributed by atoms with E-state index in [9.17, 15) is 14.4 Å². The summed E-state index contributed by atoms with van der Waals surface area (Å²) >= 11 is 1.42. The third-order valence-electron chi connectivity index (χ3n) is 4.94. The van der Waals surface area contributed by atoms with Gasteiger partial charge in [-0.15, -0.1) is 11.3 Å². The van der Waals surface area contributed by atoms with Crippen molar-refractivity contribution in [1.29, 1.82) is 0 Å². The van der Waals surface area contributed by atoms with Gasteiger partial charge in [0.1, 0.15) is 5.00 Å². The van der Waals surface area contributed by atoms with Crippen molar-refractivity contribution in [3.8, 4) is 0 Å². The average Bonchev–Trinajstić information content (AvgIpc) is 3.21. The number of rotatable bonds is 6. The molecule has 3 rings (SSSR count). The lowest BCUT2D eigenvalue weighted by Crippen LogP contribution is -2.26. The van der Waals surface area contributed by atoms with E-state index >= 15 is 0 Å². The van der Waals surface area contributed by atoms with Crippen LogP contribution in [0.25, 0.3) is 0 Å². The number of anilines is 1. The quantitative estimate of drug-likeness (QED) is 0.765. The molecule has 142 valence electrons. The first-order valence-electron chi connectivity index (χ1n) is 9.38. The first-order chi connectivity index (χ1) is 12.6. The second-order valence-electron chi connectivity index (χ2n) is 6.77. The Kier molecular flexibility index (Phi) is 6.29. The Morgan fingerprint density at radius 3 is 2.58 bits per heavy atom. The SMILES string of the molecule is CCOC(=O)c1c(NC(=O)COC(=O)C2CCCCC2)sc2c1CCC2. The van der Waals surface area contributed by atoms with Crippen LogP contribution in [0.4, 0.5) is 5.00 Å². The first-order valence-corrected chi connectivity index (χ1v) is 10.2. The Labute approximate surface area is 157 Å². The normalized spacial score (nSPS) is 16.8. The molecule has 2 aliphatic rings. The van der Waals surface area contributed by atoms with Crippen LogP contribution in [0.3, 0.4) is 0 Å². The monoisotopic (exact) mass is 379 g/mol. The summed E-state index contributed by atoms with van der Waals surface area (Å²) in [7, 11) is 0. The molecule has 0 unspecified atom stereocenters. The van der Waals surface area contributed by atoms with Crippen LogP contribution in [-0.4, -0.2) is 31.1 Å². The summed E-state index contributed by atoms with van der Waals surface area (Å²) in [5.74, 6) is -1.20. The predicted molar refractivity (Wildman–Crippen MR) is 98.5 cm³/mol. The second-order valence-corrected chi connectivity index (χ2v) is 7.88. The lowest BCUT2D eigenvalue weighted by molar-refractivity contribution is -0.152. The predicted octanol–water partition coefficient (Wildman–Crippen LogP) is 3.48. The number of aryl methyl sites for hydroxylation is 1. The summed E-state index contributed by atoms with van der Waals surface area (Å²) in [4.78, 5) is 37.7. The summed E-state index contributed by atoms with van der Waals surface area (Å²) < 4.78 is 10.3. The fourth-order valence-electron chi connectivity index (χ4n) is 3.67. The molecule has 0 bridgehead atoms. The summed E-state index contributed by atoms with van der Waals surface area (Å²) in [6.07, 6.45) is 7.66. The topological polar surface area (TPSA) is 81.7 Å². The van der Waals surface area contributed by atoms with Gasteiger partial charge in [-0.1, -0.05) is 19.3 Å². The molecule has 1 aromatic rings. The number of hydrogen-bond acceptors (Lipinski definition) is 6. The van der Waals surface area contributed by atoms with E-state index in [0.29, 0.717) is 10.6 Å². The van der Waals surface area contributed by atoms with Crippen LogP contribution < -0.4 is 5.32 Å². The molecule has 0 aliphatic heterocycles. The van der Waals surface area contributed by atoms with E-state index in [0.717, 1.165) is 61.8 Å². The highest BCUT2D eigenvalue weighted by Crippen LogP contribution is 2.39. The standard InChI is InChI=1S/C19H25NO5S/c1-2-24-19(23)16-13-9-6-10-14(13)26-17(16)20-15(21)11-25-18(22)12-7-4-3-5-8-12/h12H,2-11H2,1H3,(H,20,21). The smallest absolute Gasteiger partial charge is 0.341 e. The van der Waals surface area contributed by atoms with Gasteiger partial charge >= 0.3 is 11.9 Å². The molecule has 1 saturated carbocycles. The van der Waals surface area contributed by atoms with Crippen LogP contribution in [0.1, 0.15) is 66.2 Å². The highest BCUT2D eigenvalue weighted by molar-refractivity contribution is 7.17. The number of fused-ring (bicyclic) bond motifs is 1. The minimum Gasteiger partial charge on any atom is -0.462 e. The first kappa shape index (κ1) is 18.9. The molecule has 0 atom stereocenters. The molecule has 1 fully saturated rings. The van der Waals surface area contributed by atoms with Gasteiger partial charge in [0.25, 0.3) is 5.91 Å². The maximum Gasteiger partial charge on any atom is 0.341 e. The maximum atomic E-state index is 12.3. The molecule has 0 aromatic carbocycles. The second kappa shape index (κ2) is 8.66. The van der Waals surface area contributed by atoms with Crippen LogP contribution >= 0.6 is 11.3 Å². The van der Waals surface area contributed by atoms with Crippen LogP contribution in [0.15, 0.2) is 0 Å². The van der Waals surface area contributed by atoms with Crippen LogP contribution in [0.5, 0.6) is 0 Å². The Bertz CT molecular complexity index is 690. The van der Waals surface area contributed by atoms with Gasteiger partial charge in [-0.2, -0.15) is 0 Å². The molecule has 0 saturated heterocycles. The van der Waals surface area contributed by atoms with Gasteiger partial charge < -0.3 is 14.8 Å². The van der Waals surface area contributed by atoms with Crippen molar-refractivity contribution in [2.75, 3.05) is 18.5 Å². The zero-order chi connectivity index (χ0) is 18.5. The van der Waals surface area contributed by atoms with Gasteiger partial charge in [0.2, 0.25) is 0 Å². The van der Waals surface area contributed by atoms with Crippen molar-refractivity contribution >= 4 is 34.2 Å². The molecule has 26 heavy (non-hydrogen) atoms. The van der Waals surface area contributed by atoms with E-state index in [4.69, 9.17) is 9.47 Å². The van der Waals surface area contributed by atoms with Crippen LogP contribution in [-0.2, 0) is 31.9 Å². The van der Waals surface area contributed by atoms with Gasteiger partial charge in [-0.3, -0.25) is 9.59 Å². The van der Waals surface area contributed by atoms with E-state index in [2.05, 4.69) is 5.32 Å². The maximum absolute atomic E-state index is 12.3. The van der Waals surface area contributed by atoms with Gasteiger partial charge in [-0.25, -0.2) is 4.79 Å². The van der Waals surface area contributed by atoms with E-state index in [1.54, 1.807) is 6.92 Å². The summed E-state index contributed by atoms with van der Waals surface area (Å²) in [6.45, 7) is 1.73. The molecule has 2 aliphatic carbocycles. The van der Waals surface area contributed by atoms with E-state index in [1.165, 1.54) is 11.3 Å². The minimum absolute atomic E-state index is 0.0859. The zero-order valence-electron chi connectivity index (χ0n) is 15.1. The molecular weight excluding hydrogens is 354 g/mol. The molecule has 1 amide bonds. The number of nitrogens with one attached hydrogen (secondary N) is 1. The van der Waals surface area contributed by atoms with E-state index < -0.39 is 11.9 Å². The lowest BCUT2D eigenvalue weighted by atomic mass is 9.89. The van der Waals surface area contributed by atoms with Gasteiger partial charge in [0, 0.05) is 4.88 Å².